The first kappa shape index (κ1) is 39.9. The first-order chi connectivity index (χ1) is 25.7. The summed E-state index contributed by atoms with van der Waals surface area (Å²) in [6, 6.07) is 17.2. The maximum Gasteiger partial charge on any atom is 0.257 e. The molecule has 15 heteroatoms. The van der Waals surface area contributed by atoms with Gasteiger partial charge in [0.15, 0.2) is 0 Å². The third kappa shape index (κ3) is 12.1. The predicted octanol–water partition coefficient (Wildman–Crippen LogP) is 6.14. The fraction of sp³-hybridized carbons (Fsp3) is 0.368. The zero-order chi connectivity index (χ0) is 37.6. The van der Waals surface area contributed by atoms with Gasteiger partial charge in [-0.15, -0.1) is 23.5 Å². The van der Waals surface area contributed by atoms with Crippen LogP contribution in [0.25, 0.3) is 0 Å². The fourth-order valence-electron chi connectivity index (χ4n) is 5.83. The van der Waals surface area contributed by atoms with Gasteiger partial charge >= 0.3 is 0 Å². The van der Waals surface area contributed by atoms with Crippen LogP contribution in [0, 0.1) is 11.6 Å². The Bertz CT molecular complexity index is 1830. The molecule has 4 N–H and O–H groups in total. The van der Waals surface area contributed by atoms with Crippen molar-refractivity contribution in [3.8, 4) is 23.3 Å². The standard InChI is InChI=1S/C20H24FN3O3S.C18H20FN3O2S/c1-28-17-4-2-3-16(12-17)27-20-18(11-14(21)13-22-20)19(26)23-15-5-7-24(8-6-15)9-10-25;1-25-15-4-2-3-14(10-15)24-18-16(9-12(19)11-21-18)17(23)22-13-5-7-20-8-6-13/h2-4,11-13,15,25H,5-10H2,1H3,(H,23,26);2-4,9-11,13,20H,5-8H2,1H3,(H,22,23). The van der Waals surface area contributed by atoms with Crippen LogP contribution in [0.2, 0.25) is 0 Å². The first-order valence-corrected chi connectivity index (χ1v) is 19.8. The molecule has 0 bridgehead atoms. The van der Waals surface area contributed by atoms with Crippen molar-refractivity contribution >= 4 is 35.3 Å². The molecular formula is C38H44F2N6O5S2. The lowest BCUT2D eigenvalue weighted by Crippen LogP contribution is -2.45. The van der Waals surface area contributed by atoms with E-state index in [4.69, 9.17) is 14.6 Å². The van der Waals surface area contributed by atoms with Gasteiger partial charge in [-0.1, -0.05) is 12.1 Å². The van der Waals surface area contributed by atoms with E-state index in [1.54, 1.807) is 35.7 Å². The van der Waals surface area contributed by atoms with Crippen LogP contribution >= 0.6 is 23.5 Å². The summed E-state index contributed by atoms with van der Waals surface area (Å²) in [5.74, 6) is -0.646. The van der Waals surface area contributed by atoms with Crippen LogP contribution in [0.3, 0.4) is 0 Å². The maximum absolute atomic E-state index is 13.7. The van der Waals surface area contributed by atoms with Gasteiger partial charge in [0.1, 0.15) is 34.3 Å². The molecule has 0 radical (unpaired) electrons. The Balaban J connectivity index is 0.000000206. The summed E-state index contributed by atoms with van der Waals surface area (Å²) in [6.07, 6.45) is 9.27. The number of pyridine rings is 2. The number of hydrogen-bond donors (Lipinski definition) is 4. The zero-order valence-electron chi connectivity index (χ0n) is 29.6. The fourth-order valence-corrected chi connectivity index (χ4v) is 6.73. The van der Waals surface area contributed by atoms with Gasteiger partial charge in [-0.2, -0.15) is 0 Å². The minimum Gasteiger partial charge on any atom is -0.438 e. The van der Waals surface area contributed by atoms with E-state index in [1.807, 2.05) is 48.9 Å². The van der Waals surface area contributed by atoms with Crippen LogP contribution < -0.4 is 25.4 Å². The second-order valence-corrected chi connectivity index (χ2v) is 14.1. The van der Waals surface area contributed by atoms with Crippen molar-refractivity contribution in [3.63, 3.8) is 0 Å². The molecule has 282 valence electrons. The number of nitrogens with one attached hydrogen (secondary N) is 3. The van der Waals surface area contributed by atoms with Crippen LogP contribution in [0.5, 0.6) is 23.3 Å². The van der Waals surface area contributed by atoms with Gasteiger partial charge in [0.25, 0.3) is 11.8 Å². The number of ether oxygens (including phenoxy) is 2. The van der Waals surface area contributed by atoms with Crippen LogP contribution in [0.4, 0.5) is 8.78 Å². The van der Waals surface area contributed by atoms with Crippen LogP contribution in [0.1, 0.15) is 46.4 Å². The lowest BCUT2D eigenvalue weighted by atomic mass is 10.0. The molecular weight excluding hydrogens is 723 g/mol. The number of aromatic nitrogens is 2. The number of carbonyl (C=O) groups excluding carboxylic acids is 2. The van der Waals surface area contributed by atoms with E-state index in [-0.39, 0.29) is 47.5 Å². The van der Waals surface area contributed by atoms with E-state index in [0.29, 0.717) is 18.0 Å². The van der Waals surface area contributed by atoms with Crippen molar-refractivity contribution in [2.75, 3.05) is 51.8 Å². The third-order valence-corrected chi connectivity index (χ3v) is 10.1. The number of aliphatic hydroxyl groups is 1. The highest BCUT2D eigenvalue weighted by atomic mass is 32.2. The van der Waals surface area contributed by atoms with E-state index in [2.05, 4.69) is 30.8 Å². The number of halogens is 2. The van der Waals surface area contributed by atoms with Gasteiger partial charge in [-0.05, 0) is 99.8 Å². The van der Waals surface area contributed by atoms with E-state index in [9.17, 15) is 18.4 Å². The molecule has 0 saturated carbocycles. The summed E-state index contributed by atoms with van der Waals surface area (Å²) >= 11 is 3.16. The number of nitrogens with zero attached hydrogens (tertiary/aromatic N) is 3. The van der Waals surface area contributed by atoms with Crippen molar-refractivity contribution < 1.29 is 33.0 Å². The molecule has 0 spiro atoms. The van der Waals surface area contributed by atoms with Crippen molar-refractivity contribution in [2.45, 2.75) is 47.6 Å². The van der Waals surface area contributed by atoms with Gasteiger partial charge < -0.3 is 35.4 Å². The summed E-state index contributed by atoms with van der Waals surface area (Å²) in [5, 5.41) is 18.2. The highest BCUT2D eigenvalue weighted by molar-refractivity contribution is 7.98. The summed E-state index contributed by atoms with van der Waals surface area (Å²) in [6.45, 7) is 4.09. The van der Waals surface area contributed by atoms with Crippen LogP contribution in [-0.2, 0) is 0 Å². The normalized spacial score (nSPS) is 15.2. The molecule has 2 amide bonds. The molecule has 2 saturated heterocycles. The average molecular weight is 767 g/mol. The molecule has 2 aliphatic heterocycles. The van der Waals surface area contributed by atoms with E-state index < -0.39 is 17.5 Å². The Labute approximate surface area is 316 Å². The summed E-state index contributed by atoms with van der Waals surface area (Å²) in [4.78, 5) is 37.5. The summed E-state index contributed by atoms with van der Waals surface area (Å²) in [5.41, 5.74) is 0.181. The molecule has 6 rings (SSSR count). The second-order valence-electron chi connectivity index (χ2n) is 12.4. The molecule has 2 aromatic heterocycles. The number of carbonyl (C=O) groups is 2. The molecule has 0 atom stereocenters. The summed E-state index contributed by atoms with van der Waals surface area (Å²) in [7, 11) is 0. The third-order valence-electron chi connectivity index (χ3n) is 8.65. The van der Waals surface area contributed by atoms with Crippen LogP contribution in [0.15, 0.2) is 82.8 Å². The quantitative estimate of drug-likeness (QED) is 0.124. The Morgan fingerprint density at radius 3 is 1.72 bits per heavy atom. The van der Waals surface area contributed by atoms with Crippen molar-refractivity contribution in [3.05, 3.63) is 95.8 Å². The molecule has 0 aliphatic carbocycles. The van der Waals surface area contributed by atoms with E-state index in [1.165, 1.54) is 0 Å². The number of aliphatic hydroxyl groups excluding tert-OH is 1. The number of benzene rings is 2. The SMILES string of the molecule is CSc1cccc(Oc2ncc(F)cc2C(=O)NC2CCN(CCO)CC2)c1.CSc1cccc(Oc2ncc(F)cc2C(=O)NC2CCNCC2)c1. The van der Waals surface area contributed by atoms with Crippen molar-refractivity contribution in [1.29, 1.82) is 0 Å². The second kappa shape index (κ2) is 20.3. The number of amides is 2. The highest BCUT2D eigenvalue weighted by Gasteiger charge is 2.24. The first-order valence-electron chi connectivity index (χ1n) is 17.3. The number of β-amino-alcohol motifs (C(OH)–C–C–N with tert-alkyl or cyclic N) is 1. The zero-order valence-corrected chi connectivity index (χ0v) is 31.3. The van der Waals surface area contributed by atoms with Gasteiger partial charge in [-0.25, -0.2) is 18.7 Å². The number of rotatable bonds is 12. The lowest BCUT2D eigenvalue weighted by Gasteiger charge is -2.31. The monoisotopic (exact) mass is 766 g/mol. The summed E-state index contributed by atoms with van der Waals surface area (Å²) < 4.78 is 38.9. The van der Waals surface area contributed by atoms with Crippen molar-refractivity contribution in [2.24, 2.45) is 0 Å². The smallest absolute Gasteiger partial charge is 0.257 e. The van der Waals surface area contributed by atoms with E-state index in [0.717, 1.165) is 86.2 Å². The highest BCUT2D eigenvalue weighted by Crippen LogP contribution is 2.29. The molecule has 2 aromatic carbocycles. The molecule has 2 fully saturated rings. The Kier molecular flexibility index (Phi) is 15.3. The van der Waals surface area contributed by atoms with Gasteiger partial charge in [0, 0.05) is 41.5 Å². The molecule has 11 nitrogen and oxygen atoms in total. The minimum absolute atomic E-state index is 0.00150. The predicted molar refractivity (Wildman–Crippen MR) is 202 cm³/mol. The molecule has 2 aliphatic rings. The van der Waals surface area contributed by atoms with Gasteiger partial charge in [-0.3, -0.25) is 9.59 Å². The van der Waals surface area contributed by atoms with Gasteiger partial charge in [0.2, 0.25) is 11.8 Å². The molecule has 0 unspecified atom stereocenters. The van der Waals surface area contributed by atoms with E-state index >= 15 is 0 Å². The Morgan fingerprint density at radius 1 is 0.792 bits per heavy atom. The number of hydrogen-bond acceptors (Lipinski definition) is 11. The molecule has 4 aromatic rings. The van der Waals surface area contributed by atoms with Crippen LogP contribution in [-0.4, -0.2) is 95.7 Å². The topological polar surface area (TPSA) is 138 Å². The lowest BCUT2D eigenvalue weighted by molar-refractivity contribution is 0.0897. The number of likely N-dealkylation sites (tertiary alicyclic amines) is 1. The van der Waals surface area contributed by atoms with Crippen molar-refractivity contribution in [1.82, 2.24) is 30.8 Å². The Hall–Kier alpha value is -4.28. The maximum atomic E-state index is 13.7. The van der Waals surface area contributed by atoms with Gasteiger partial charge in [0.05, 0.1) is 19.0 Å². The molecule has 4 heterocycles. The largest absolute Gasteiger partial charge is 0.438 e. The number of piperidine rings is 2. The minimum atomic E-state index is -0.590. The average Bonchev–Trinajstić information content (AvgIpc) is 3.18. The molecule has 53 heavy (non-hydrogen) atoms. The Morgan fingerprint density at radius 2 is 1.26 bits per heavy atom. The number of thioether (sulfide) groups is 2.